The van der Waals surface area contributed by atoms with Gasteiger partial charge in [0.1, 0.15) is 13.2 Å². The summed E-state index contributed by atoms with van der Waals surface area (Å²) >= 11 is 0. The van der Waals surface area contributed by atoms with Gasteiger partial charge in [-0.3, -0.25) is 4.79 Å². The monoisotopic (exact) mass is 311 g/mol. The first-order valence-corrected chi connectivity index (χ1v) is 7.95. The predicted molar refractivity (Wildman–Crippen MR) is 88.8 cm³/mol. The first kappa shape index (κ1) is 15.4. The second-order valence-electron chi connectivity index (χ2n) is 5.68. The van der Waals surface area contributed by atoms with E-state index in [4.69, 9.17) is 9.47 Å². The molecule has 4 nitrogen and oxygen atoms in total. The van der Waals surface area contributed by atoms with Gasteiger partial charge in [-0.1, -0.05) is 36.4 Å². The van der Waals surface area contributed by atoms with E-state index in [2.05, 4.69) is 5.32 Å². The summed E-state index contributed by atoms with van der Waals surface area (Å²) in [5, 5.41) is 3.04. The molecule has 2 aromatic carbocycles. The number of carbonyl (C=O) groups excluding carboxylic acids is 1. The van der Waals surface area contributed by atoms with Gasteiger partial charge in [0.2, 0.25) is 5.91 Å². The first-order valence-electron chi connectivity index (χ1n) is 7.95. The van der Waals surface area contributed by atoms with Gasteiger partial charge in [0.15, 0.2) is 11.5 Å². The quantitative estimate of drug-likeness (QED) is 0.922. The van der Waals surface area contributed by atoms with Gasteiger partial charge in [0.05, 0.1) is 6.04 Å². The Morgan fingerprint density at radius 2 is 1.83 bits per heavy atom. The Morgan fingerprint density at radius 1 is 1.09 bits per heavy atom. The van der Waals surface area contributed by atoms with E-state index in [0.29, 0.717) is 19.6 Å². The molecule has 2 aromatic rings. The highest BCUT2D eigenvalue weighted by Gasteiger charge is 2.15. The molecule has 4 heteroatoms. The Hall–Kier alpha value is -2.49. The third-order valence-corrected chi connectivity index (χ3v) is 3.93. The lowest BCUT2D eigenvalue weighted by Gasteiger charge is -2.21. The number of rotatable bonds is 5. The lowest BCUT2D eigenvalue weighted by atomic mass is 10.1. The Labute approximate surface area is 136 Å². The number of aryl methyl sites for hydroxylation is 1. The van der Waals surface area contributed by atoms with Gasteiger partial charge >= 0.3 is 0 Å². The average molecular weight is 311 g/mol. The van der Waals surface area contributed by atoms with Crippen molar-refractivity contribution in [3.63, 3.8) is 0 Å². The number of nitrogens with one attached hydrogen (secondary N) is 1. The van der Waals surface area contributed by atoms with Gasteiger partial charge in [-0.05, 0) is 36.6 Å². The van der Waals surface area contributed by atoms with E-state index in [1.165, 1.54) is 5.56 Å². The van der Waals surface area contributed by atoms with E-state index >= 15 is 0 Å². The molecule has 1 heterocycles. The van der Waals surface area contributed by atoms with Gasteiger partial charge in [-0.15, -0.1) is 0 Å². The fraction of sp³-hybridized carbons (Fsp3) is 0.316. The van der Waals surface area contributed by atoms with Gasteiger partial charge < -0.3 is 14.8 Å². The zero-order valence-electron chi connectivity index (χ0n) is 13.2. The minimum Gasteiger partial charge on any atom is -0.486 e. The number of carbonyl (C=O) groups is 1. The summed E-state index contributed by atoms with van der Waals surface area (Å²) < 4.78 is 11.1. The van der Waals surface area contributed by atoms with E-state index in [1.54, 1.807) is 0 Å². The minimum atomic E-state index is -0.0610. The molecular weight excluding hydrogens is 290 g/mol. The summed E-state index contributed by atoms with van der Waals surface area (Å²) in [7, 11) is 0. The second-order valence-corrected chi connectivity index (χ2v) is 5.68. The molecular formula is C19H21NO3. The number of benzene rings is 2. The van der Waals surface area contributed by atoms with Crippen molar-refractivity contribution in [3.8, 4) is 11.5 Å². The molecule has 0 spiro atoms. The van der Waals surface area contributed by atoms with Crippen molar-refractivity contribution >= 4 is 5.91 Å². The fourth-order valence-electron chi connectivity index (χ4n) is 2.63. The van der Waals surface area contributed by atoms with E-state index in [0.717, 1.165) is 23.5 Å². The van der Waals surface area contributed by atoms with Crippen LogP contribution in [0.4, 0.5) is 0 Å². The van der Waals surface area contributed by atoms with Crippen LogP contribution >= 0.6 is 0 Å². The van der Waals surface area contributed by atoms with Crippen LogP contribution in [-0.2, 0) is 11.2 Å². The lowest BCUT2D eigenvalue weighted by molar-refractivity contribution is -0.121. The van der Waals surface area contributed by atoms with Crippen LogP contribution in [0.1, 0.15) is 30.5 Å². The smallest absolute Gasteiger partial charge is 0.220 e. The molecule has 0 radical (unpaired) electrons. The van der Waals surface area contributed by atoms with Gasteiger partial charge in [-0.2, -0.15) is 0 Å². The van der Waals surface area contributed by atoms with E-state index in [-0.39, 0.29) is 11.9 Å². The van der Waals surface area contributed by atoms with Crippen LogP contribution in [0.3, 0.4) is 0 Å². The molecule has 1 aliphatic rings. The Balaban J connectivity index is 1.56. The van der Waals surface area contributed by atoms with E-state index in [1.807, 2.05) is 55.5 Å². The van der Waals surface area contributed by atoms with E-state index < -0.39 is 0 Å². The molecule has 0 saturated carbocycles. The number of ether oxygens (including phenoxy) is 2. The maximum atomic E-state index is 12.1. The molecule has 1 atom stereocenters. The van der Waals surface area contributed by atoms with Crippen LogP contribution < -0.4 is 14.8 Å². The van der Waals surface area contributed by atoms with Crippen molar-refractivity contribution in [2.75, 3.05) is 13.2 Å². The van der Waals surface area contributed by atoms with Crippen molar-refractivity contribution in [2.45, 2.75) is 25.8 Å². The molecule has 1 N–H and O–H groups in total. The molecule has 120 valence electrons. The molecule has 1 unspecified atom stereocenters. The molecule has 0 aromatic heterocycles. The summed E-state index contributed by atoms with van der Waals surface area (Å²) in [6, 6.07) is 15.8. The summed E-state index contributed by atoms with van der Waals surface area (Å²) in [5.41, 5.74) is 2.19. The minimum absolute atomic E-state index is 0.0521. The zero-order chi connectivity index (χ0) is 16.1. The maximum absolute atomic E-state index is 12.1. The van der Waals surface area contributed by atoms with Gasteiger partial charge in [-0.25, -0.2) is 0 Å². The van der Waals surface area contributed by atoms with Crippen LogP contribution in [-0.4, -0.2) is 19.1 Å². The topological polar surface area (TPSA) is 47.6 Å². The number of hydrogen-bond acceptors (Lipinski definition) is 3. The Bertz CT molecular complexity index is 670. The zero-order valence-corrected chi connectivity index (χ0v) is 13.2. The van der Waals surface area contributed by atoms with Crippen molar-refractivity contribution < 1.29 is 14.3 Å². The number of hydrogen-bond donors (Lipinski definition) is 1. The first-order chi connectivity index (χ1) is 11.2. The highest BCUT2D eigenvalue weighted by Crippen LogP contribution is 2.32. The second kappa shape index (κ2) is 7.18. The summed E-state index contributed by atoms with van der Waals surface area (Å²) in [6.45, 7) is 3.12. The Kier molecular flexibility index (Phi) is 4.81. The maximum Gasteiger partial charge on any atom is 0.220 e. The van der Waals surface area contributed by atoms with Crippen molar-refractivity contribution in [1.82, 2.24) is 5.32 Å². The summed E-state index contributed by atoms with van der Waals surface area (Å²) in [4.78, 5) is 12.1. The van der Waals surface area contributed by atoms with Crippen LogP contribution in [0.2, 0.25) is 0 Å². The van der Waals surface area contributed by atoms with Gasteiger partial charge in [0, 0.05) is 6.42 Å². The molecule has 0 saturated heterocycles. The standard InChI is InChI=1S/C19H21NO3/c1-14(16-8-9-17-18(13-16)23-12-11-22-17)20-19(21)10-7-15-5-3-2-4-6-15/h2-6,8-9,13-14H,7,10-12H2,1H3,(H,20,21). The van der Waals surface area contributed by atoms with Crippen LogP contribution in [0.15, 0.2) is 48.5 Å². The molecule has 23 heavy (non-hydrogen) atoms. The molecule has 1 aliphatic heterocycles. The average Bonchev–Trinajstić information content (AvgIpc) is 2.60. The third-order valence-electron chi connectivity index (χ3n) is 3.93. The highest BCUT2D eigenvalue weighted by molar-refractivity contribution is 5.76. The summed E-state index contributed by atoms with van der Waals surface area (Å²) in [5.74, 6) is 1.57. The van der Waals surface area contributed by atoms with Crippen molar-refractivity contribution in [2.24, 2.45) is 0 Å². The third kappa shape index (κ3) is 4.03. The largest absolute Gasteiger partial charge is 0.486 e. The van der Waals surface area contributed by atoms with E-state index in [9.17, 15) is 4.79 Å². The fourth-order valence-corrected chi connectivity index (χ4v) is 2.63. The van der Waals surface area contributed by atoms with Crippen LogP contribution in [0.5, 0.6) is 11.5 Å². The molecule has 1 amide bonds. The lowest BCUT2D eigenvalue weighted by Crippen LogP contribution is -2.27. The highest BCUT2D eigenvalue weighted by atomic mass is 16.6. The molecule has 0 fully saturated rings. The van der Waals surface area contributed by atoms with Crippen molar-refractivity contribution in [3.05, 3.63) is 59.7 Å². The summed E-state index contributed by atoms with van der Waals surface area (Å²) in [6.07, 6.45) is 1.24. The number of amides is 1. The molecule has 3 rings (SSSR count). The molecule has 0 bridgehead atoms. The Morgan fingerprint density at radius 3 is 2.61 bits per heavy atom. The predicted octanol–water partition coefficient (Wildman–Crippen LogP) is 3.27. The van der Waals surface area contributed by atoms with Crippen LogP contribution in [0, 0.1) is 0 Å². The normalized spacial score (nSPS) is 14.1. The number of fused-ring (bicyclic) bond motifs is 1. The SMILES string of the molecule is CC(NC(=O)CCc1ccccc1)c1ccc2c(c1)OCCO2. The molecule has 0 aliphatic carbocycles. The van der Waals surface area contributed by atoms with Crippen LogP contribution in [0.25, 0.3) is 0 Å². The van der Waals surface area contributed by atoms with Gasteiger partial charge in [0.25, 0.3) is 0 Å². The van der Waals surface area contributed by atoms with Crippen molar-refractivity contribution in [1.29, 1.82) is 0 Å².